The highest BCUT2D eigenvalue weighted by molar-refractivity contribution is 9.10. The number of hydrogen-bond donors (Lipinski definition) is 0. The minimum Gasteiger partial charge on any atom is -0.326 e. The molecule has 1 aliphatic carbocycles. The van der Waals surface area contributed by atoms with Crippen LogP contribution in [0.3, 0.4) is 0 Å². The van der Waals surface area contributed by atoms with Gasteiger partial charge in [-0.3, -0.25) is 4.79 Å². The molecule has 1 aliphatic rings. The second-order valence-corrected chi connectivity index (χ2v) is 7.02. The maximum absolute atomic E-state index is 12.2. The molecule has 1 saturated carbocycles. The van der Waals surface area contributed by atoms with Crippen molar-refractivity contribution in [2.45, 2.75) is 55.8 Å². The highest BCUT2D eigenvalue weighted by Gasteiger charge is 2.42. The Kier molecular flexibility index (Phi) is 4.01. The fraction of sp³-hybridized carbons (Fsp3) is 0.833. The Morgan fingerprint density at radius 3 is 2.25 bits per heavy atom. The van der Waals surface area contributed by atoms with Gasteiger partial charge in [-0.1, -0.05) is 35.2 Å². The Bertz CT molecular complexity index is 308. The third kappa shape index (κ3) is 2.57. The molecule has 0 aromatic rings. The lowest BCUT2D eigenvalue weighted by atomic mass is 9.81. The summed E-state index contributed by atoms with van der Waals surface area (Å²) >= 11 is 3.36. The first-order valence-corrected chi connectivity index (χ1v) is 6.51. The fourth-order valence-electron chi connectivity index (χ4n) is 2.25. The lowest BCUT2D eigenvalue weighted by Gasteiger charge is -2.41. The summed E-state index contributed by atoms with van der Waals surface area (Å²) in [6.45, 7) is 3.64. The van der Waals surface area contributed by atoms with Gasteiger partial charge in [0.1, 0.15) is 5.54 Å². The fourth-order valence-corrected chi connectivity index (χ4v) is 2.52. The number of carbonyl (C=O) groups excluding carboxylic acids is 1. The number of carbonyl (C=O) groups is 1. The van der Waals surface area contributed by atoms with Crippen LogP contribution in [0, 0.1) is 11.3 Å². The van der Waals surface area contributed by atoms with Crippen molar-refractivity contribution in [3.63, 3.8) is 0 Å². The molecule has 90 valence electrons. The van der Waals surface area contributed by atoms with Gasteiger partial charge in [-0.2, -0.15) is 5.26 Å². The maximum Gasteiger partial charge on any atom is 0.239 e. The SMILES string of the molecule is CN(C(=O)C(C)(C)Br)C1(C#N)CCCCC1. The Hall–Kier alpha value is -0.560. The van der Waals surface area contributed by atoms with E-state index in [1.165, 1.54) is 6.42 Å². The number of hydrogen-bond acceptors (Lipinski definition) is 2. The highest BCUT2D eigenvalue weighted by Crippen LogP contribution is 2.34. The van der Waals surface area contributed by atoms with Crippen LogP contribution < -0.4 is 0 Å². The summed E-state index contributed by atoms with van der Waals surface area (Å²) in [6, 6.07) is 2.35. The van der Waals surface area contributed by atoms with Gasteiger partial charge >= 0.3 is 0 Å². The minimum atomic E-state index is -0.594. The molecule has 1 rings (SSSR count). The molecule has 4 heteroatoms. The van der Waals surface area contributed by atoms with Crippen LogP contribution in [0.25, 0.3) is 0 Å². The maximum atomic E-state index is 12.2. The second kappa shape index (κ2) is 4.75. The number of rotatable bonds is 2. The molecule has 0 aromatic heterocycles. The number of amides is 1. The number of alkyl halides is 1. The zero-order chi connectivity index (χ0) is 12.4. The van der Waals surface area contributed by atoms with Gasteiger partial charge in [0, 0.05) is 7.05 Å². The minimum absolute atomic E-state index is 0.0176. The zero-order valence-corrected chi connectivity index (χ0v) is 11.8. The van der Waals surface area contributed by atoms with Gasteiger partial charge in [-0.15, -0.1) is 0 Å². The smallest absolute Gasteiger partial charge is 0.239 e. The van der Waals surface area contributed by atoms with E-state index in [-0.39, 0.29) is 5.91 Å². The third-order valence-electron chi connectivity index (χ3n) is 3.34. The number of halogens is 1. The Labute approximate surface area is 106 Å². The average molecular weight is 287 g/mol. The molecule has 0 unspecified atom stereocenters. The molecular weight excluding hydrogens is 268 g/mol. The number of nitrogens with zero attached hydrogens (tertiary/aromatic N) is 2. The molecule has 0 aliphatic heterocycles. The van der Waals surface area contributed by atoms with Gasteiger partial charge in [0.2, 0.25) is 5.91 Å². The van der Waals surface area contributed by atoms with Crippen molar-refractivity contribution in [3.8, 4) is 6.07 Å². The van der Waals surface area contributed by atoms with Crippen molar-refractivity contribution in [1.29, 1.82) is 5.26 Å². The van der Waals surface area contributed by atoms with Crippen LogP contribution in [0.5, 0.6) is 0 Å². The van der Waals surface area contributed by atoms with Gasteiger partial charge < -0.3 is 4.90 Å². The molecule has 0 radical (unpaired) electrons. The lowest BCUT2D eigenvalue weighted by molar-refractivity contribution is -0.136. The molecule has 0 heterocycles. The van der Waals surface area contributed by atoms with E-state index >= 15 is 0 Å². The van der Waals surface area contributed by atoms with E-state index in [2.05, 4.69) is 22.0 Å². The summed E-state index contributed by atoms with van der Waals surface area (Å²) in [5, 5.41) is 9.37. The van der Waals surface area contributed by atoms with E-state index in [0.717, 1.165) is 25.7 Å². The van der Waals surface area contributed by atoms with Crippen LogP contribution in [0.2, 0.25) is 0 Å². The van der Waals surface area contributed by atoms with Gasteiger partial charge in [0.25, 0.3) is 0 Å². The van der Waals surface area contributed by atoms with E-state index in [1.807, 2.05) is 13.8 Å². The molecular formula is C12H19BrN2O. The zero-order valence-electron chi connectivity index (χ0n) is 10.2. The van der Waals surface area contributed by atoms with Crippen LogP contribution in [-0.4, -0.2) is 27.7 Å². The van der Waals surface area contributed by atoms with Crippen molar-refractivity contribution in [2.75, 3.05) is 7.05 Å². The molecule has 0 aromatic carbocycles. The average Bonchev–Trinajstić information content (AvgIpc) is 2.26. The van der Waals surface area contributed by atoms with Crippen molar-refractivity contribution >= 4 is 21.8 Å². The van der Waals surface area contributed by atoms with Crippen LogP contribution in [0.4, 0.5) is 0 Å². The molecule has 0 bridgehead atoms. The van der Waals surface area contributed by atoms with Crippen LogP contribution in [0.1, 0.15) is 46.0 Å². The van der Waals surface area contributed by atoms with Crippen molar-refractivity contribution < 1.29 is 4.79 Å². The Morgan fingerprint density at radius 1 is 1.38 bits per heavy atom. The largest absolute Gasteiger partial charge is 0.326 e. The van der Waals surface area contributed by atoms with Crippen molar-refractivity contribution in [3.05, 3.63) is 0 Å². The predicted octanol–water partition coefficient (Wildman–Crippen LogP) is 2.84. The Balaban J connectivity index is 2.89. The molecule has 3 nitrogen and oxygen atoms in total. The lowest BCUT2D eigenvalue weighted by Crippen LogP contribution is -2.54. The molecule has 1 amide bonds. The standard InChI is InChI=1S/C12H19BrN2O/c1-11(2,13)10(16)15(3)12(9-14)7-5-4-6-8-12/h4-8H2,1-3H3. The molecule has 1 fully saturated rings. The summed E-state index contributed by atoms with van der Waals surface area (Å²) in [5.74, 6) is -0.0176. The number of nitriles is 1. The van der Waals surface area contributed by atoms with E-state index in [0.29, 0.717) is 0 Å². The molecule has 0 N–H and O–H groups in total. The molecule has 16 heavy (non-hydrogen) atoms. The predicted molar refractivity (Wildman–Crippen MR) is 67.2 cm³/mol. The van der Waals surface area contributed by atoms with Gasteiger partial charge in [-0.25, -0.2) is 0 Å². The normalized spacial score (nSPS) is 19.9. The van der Waals surface area contributed by atoms with E-state index in [9.17, 15) is 10.1 Å². The topological polar surface area (TPSA) is 44.1 Å². The quantitative estimate of drug-likeness (QED) is 0.733. The second-order valence-electron chi connectivity index (χ2n) is 5.04. The Morgan fingerprint density at radius 2 is 1.88 bits per heavy atom. The van der Waals surface area contributed by atoms with Crippen molar-refractivity contribution in [1.82, 2.24) is 4.90 Å². The molecule has 0 spiro atoms. The highest BCUT2D eigenvalue weighted by atomic mass is 79.9. The summed E-state index contributed by atoms with van der Waals surface area (Å²) in [5.41, 5.74) is -0.583. The third-order valence-corrected chi connectivity index (χ3v) is 3.68. The van der Waals surface area contributed by atoms with E-state index in [4.69, 9.17) is 0 Å². The van der Waals surface area contributed by atoms with Crippen molar-refractivity contribution in [2.24, 2.45) is 0 Å². The monoisotopic (exact) mass is 286 g/mol. The summed E-state index contributed by atoms with van der Waals surface area (Å²) in [7, 11) is 1.75. The van der Waals surface area contributed by atoms with E-state index < -0.39 is 9.86 Å². The first-order chi connectivity index (χ1) is 7.33. The van der Waals surface area contributed by atoms with Gasteiger partial charge in [0.05, 0.1) is 10.4 Å². The summed E-state index contributed by atoms with van der Waals surface area (Å²) in [6.07, 6.45) is 4.84. The van der Waals surface area contributed by atoms with E-state index in [1.54, 1.807) is 11.9 Å². The molecule has 0 atom stereocenters. The first kappa shape index (κ1) is 13.5. The van der Waals surface area contributed by atoms with Crippen LogP contribution >= 0.6 is 15.9 Å². The van der Waals surface area contributed by atoms with Crippen LogP contribution in [0.15, 0.2) is 0 Å². The summed E-state index contributed by atoms with van der Waals surface area (Å²) < 4.78 is -0.594. The molecule has 0 saturated heterocycles. The van der Waals surface area contributed by atoms with Gasteiger partial charge in [0.15, 0.2) is 0 Å². The first-order valence-electron chi connectivity index (χ1n) is 5.72. The van der Waals surface area contributed by atoms with Crippen LogP contribution in [-0.2, 0) is 4.79 Å². The van der Waals surface area contributed by atoms with Gasteiger partial charge in [-0.05, 0) is 26.7 Å². The summed E-state index contributed by atoms with van der Waals surface area (Å²) in [4.78, 5) is 13.8.